The van der Waals surface area contributed by atoms with Crippen LogP contribution in [0.15, 0.2) is 46.2 Å². The summed E-state index contributed by atoms with van der Waals surface area (Å²) >= 11 is 0. The third kappa shape index (κ3) is 4.14. The first-order valence-corrected chi connectivity index (χ1v) is 11.4. The van der Waals surface area contributed by atoms with Crippen LogP contribution in [0.1, 0.15) is 41.5 Å². The lowest BCUT2D eigenvalue weighted by molar-refractivity contribution is -0.137. The fourth-order valence-corrected chi connectivity index (χ4v) is 5.85. The summed E-state index contributed by atoms with van der Waals surface area (Å²) in [6, 6.07) is 5.05. The van der Waals surface area contributed by atoms with Gasteiger partial charge in [-0.1, -0.05) is 17.3 Å². The molecule has 0 aliphatic carbocycles. The highest BCUT2D eigenvalue weighted by Crippen LogP contribution is 2.37. The lowest BCUT2D eigenvalue weighted by Gasteiger charge is -2.31. The zero-order valence-corrected chi connectivity index (χ0v) is 18.2. The molecule has 0 spiro atoms. The fraction of sp³-hybridized carbons (Fsp3) is 0.381. The van der Waals surface area contributed by atoms with Crippen LogP contribution in [-0.2, 0) is 16.2 Å². The molecule has 0 radical (unpaired) electrons. The maximum absolute atomic E-state index is 13.2. The molecule has 0 saturated carbocycles. The Morgan fingerprint density at radius 1 is 1.16 bits per heavy atom. The molecule has 7 nitrogen and oxygen atoms in total. The third-order valence-corrected chi connectivity index (χ3v) is 7.79. The van der Waals surface area contributed by atoms with Gasteiger partial charge in [0.1, 0.15) is 16.9 Å². The van der Waals surface area contributed by atoms with Crippen molar-refractivity contribution in [3.8, 4) is 11.1 Å². The van der Waals surface area contributed by atoms with Gasteiger partial charge in [-0.3, -0.25) is 0 Å². The number of nitrogens with zero attached hydrogens (tertiary/aromatic N) is 4. The van der Waals surface area contributed by atoms with Gasteiger partial charge in [0.05, 0.1) is 11.3 Å². The molecule has 11 heteroatoms. The van der Waals surface area contributed by atoms with Crippen molar-refractivity contribution in [3.63, 3.8) is 0 Å². The standard InChI is InChI=1S/C21H21F3N4O3S/c1-13-20(14(2)31-27-13)32(29,30)28-8-6-15(7-9-28)19-18(11-25-12-26-19)16-4-3-5-17(10-16)21(22,23)24/h3-5,10-12,15H,6-9H2,1-2H3. The normalized spacial score (nSPS) is 16.4. The molecular formula is C21H21F3N4O3S. The molecule has 4 rings (SSSR count). The van der Waals surface area contributed by atoms with Crippen molar-refractivity contribution in [2.24, 2.45) is 0 Å². The minimum atomic E-state index is -4.45. The predicted octanol–water partition coefficient (Wildman–Crippen LogP) is 4.34. The number of benzene rings is 1. The van der Waals surface area contributed by atoms with Gasteiger partial charge in [-0.25, -0.2) is 18.4 Å². The smallest absolute Gasteiger partial charge is 0.360 e. The highest BCUT2D eigenvalue weighted by atomic mass is 32.2. The Morgan fingerprint density at radius 2 is 1.88 bits per heavy atom. The molecule has 0 bridgehead atoms. The van der Waals surface area contributed by atoms with E-state index in [1.54, 1.807) is 19.9 Å². The van der Waals surface area contributed by atoms with Gasteiger partial charge >= 0.3 is 6.18 Å². The Balaban J connectivity index is 1.58. The quantitative estimate of drug-likeness (QED) is 0.569. The van der Waals surface area contributed by atoms with E-state index in [9.17, 15) is 21.6 Å². The van der Waals surface area contributed by atoms with Gasteiger partial charge in [0.15, 0.2) is 5.76 Å². The van der Waals surface area contributed by atoms with Gasteiger partial charge in [0.25, 0.3) is 0 Å². The predicted molar refractivity (Wildman–Crippen MR) is 109 cm³/mol. The van der Waals surface area contributed by atoms with Crippen molar-refractivity contribution in [1.29, 1.82) is 0 Å². The topological polar surface area (TPSA) is 89.2 Å². The van der Waals surface area contributed by atoms with Crippen LogP contribution >= 0.6 is 0 Å². The molecule has 32 heavy (non-hydrogen) atoms. The average Bonchev–Trinajstić information content (AvgIpc) is 3.12. The first-order chi connectivity index (χ1) is 15.1. The number of aryl methyl sites for hydroxylation is 2. The van der Waals surface area contributed by atoms with Crippen molar-refractivity contribution in [2.45, 2.75) is 43.7 Å². The zero-order chi connectivity index (χ0) is 23.1. The SMILES string of the molecule is Cc1noc(C)c1S(=O)(=O)N1CCC(c2ncncc2-c2cccc(C(F)(F)F)c2)CC1. The van der Waals surface area contributed by atoms with Gasteiger partial charge in [-0.05, 0) is 44.4 Å². The average molecular weight is 466 g/mol. The Bertz CT molecular complexity index is 1210. The number of sulfonamides is 1. The second-order valence-corrected chi connectivity index (χ2v) is 9.61. The van der Waals surface area contributed by atoms with Crippen molar-refractivity contribution in [3.05, 3.63) is 59.5 Å². The van der Waals surface area contributed by atoms with E-state index in [-0.39, 0.29) is 29.7 Å². The lowest BCUT2D eigenvalue weighted by atomic mass is 9.89. The molecule has 3 aromatic rings. The van der Waals surface area contributed by atoms with Crippen molar-refractivity contribution in [2.75, 3.05) is 13.1 Å². The van der Waals surface area contributed by atoms with E-state index in [1.165, 1.54) is 22.9 Å². The first kappa shape index (κ1) is 22.4. The van der Waals surface area contributed by atoms with Crippen LogP contribution in [0.4, 0.5) is 13.2 Å². The second kappa shape index (κ2) is 8.28. The van der Waals surface area contributed by atoms with Crippen LogP contribution in [0.25, 0.3) is 11.1 Å². The van der Waals surface area contributed by atoms with E-state index in [0.29, 0.717) is 35.4 Å². The van der Waals surface area contributed by atoms with Crippen LogP contribution in [0, 0.1) is 13.8 Å². The van der Waals surface area contributed by atoms with Crippen LogP contribution in [0.5, 0.6) is 0 Å². The van der Waals surface area contributed by atoms with Gasteiger partial charge in [0.2, 0.25) is 10.0 Å². The van der Waals surface area contributed by atoms with E-state index in [4.69, 9.17) is 4.52 Å². The maximum Gasteiger partial charge on any atom is 0.416 e. The summed E-state index contributed by atoms with van der Waals surface area (Å²) in [5.41, 5.74) is 1.08. The summed E-state index contributed by atoms with van der Waals surface area (Å²) in [6.45, 7) is 3.65. The van der Waals surface area contributed by atoms with E-state index in [1.807, 2.05) is 0 Å². The van der Waals surface area contributed by atoms with E-state index >= 15 is 0 Å². The molecule has 0 N–H and O–H groups in total. The highest BCUT2D eigenvalue weighted by molar-refractivity contribution is 7.89. The summed E-state index contributed by atoms with van der Waals surface area (Å²) in [6.07, 6.45) is -0.634. The Hall–Kier alpha value is -2.79. The summed E-state index contributed by atoms with van der Waals surface area (Å²) < 4.78 is 72.0. The van der Waals surface area contributed by atoms with Crippen LogP contribution in [0.2, 0.25) is 0 Å². The number of hydrogen-bond acceptors (Lipinski definition) is 6. The van der Waals surface area contributed by atoms with Gasteiger partial charge in [-0.15, -0.1) is 0 Å². The molecule has 1 aliphatic rings. The Kier molecular flexibility index (Phi) is 5.80. The number of rotatable bonds is 4. The lowest BCUT2D eigenvalue weighted by Crippen LogP contribution is -2.38. The van der Waals surface area contributed by atoms with Gasteiger partial charge in [0, 0.05) is 30.8 Å². The fourth-order valence-electron chi connectivity index (χ4n) is 4.09. The summed E-state index contributed by atoms with van der Waals surface area (Å²) in [5.74, 6) is 0.130. The minimum Gasteiger partial charge on any atom is -0.360 e. The highest BCUT2D eigenvalue weighted by Gasteiger charge is 2.35. The van der Waals surface area contributed by atoms with Crippen molar-refractivity contribution >= 4 is 10.0 Å². The van der Waals surface area contributed by atoms with E-state index in [0.717, 1.165) is 12.1 Å². The molecule has 0 unspecified atom stereocenters. The Morgan fingerprint density at radius 3 is 2.50 bits per heavy atom. The number of alkyl halides is 3. The largest absolute Gasteiger partial charge is 0.416 e. The number of aromatic nitrogens is 3. The van der Waals surface area contributed by atoms with Crippen molar-refractivity contribution in [1.82, 2.24) is 19.4 Å². The molecular weight excluding hydrogens is 445 g/mol. The van der Waals surface area contributed by atoms with E-state index in [2.05, 4.69) is 15.1 Å². The Labute approximate surface area is 183 Å². The monoisotopic (exact) mass is 466 g/mol. The molecule has 2 aromatic heterocycles. The zero-order valence-electron chi connectivity index (χ0n) is 17.4. The summed E-state index contributed by atoms with van der Waals surface area (Å²) in [7, 11) is -3.75. The number of piperidine rings is 1. The first-order valence-electron chi connectivity index (χ1n) is 9.99. The van der Waals surface area contributed by atoms with Crippen LogP contribution in [-0.4, -0.2) is 40.9 Å². The molecule has 170 valence electrons. The molecule has 1 saturated heterocycles. The molecule has 1 fully saturated rings. The molecule has 1 aliphatic heterocycles. The summed E-state index contributed by atoms with van der Waals surface area (Å²) in [4.78, 5) is 8.44. The second-order valence-electron chi connectivity index (χ2n) is 7.73. The van der Waals surface area contributed by atoms with E-state index < -0.39 is 21.8 Å². The van der Waals surface area contributed by atoms with Crippen LogP contribution in [0.3, 0.4) is 0 Å². The third-order valence-electron chi connectivity index (χ3n) is 5.65. The van der Waals surface area contributed by atoms with Gasteiger partial charge < -0.3 is 4.52 Å². The minimum absolute atomic E-state index is 0.0858. The van der Waals surface area contributed by atoms with Crippen molar-refractivity contribution < 1.29 is 26.1 Å². The number of hydrogen-bond donors (Lipinski definition) is 0. The molecule has 3 heterocycles. The van der Waals surface area contributed by atoms with Gasteiger partial charge in [-0.2, -0.15) is 17.5 Å². The molecule has 1 aromatic carbocycles. The van der Waals surface area contributed by atoms with Crippen LogP contribution < -0.4 is 0 Å². The number of halogens is 3. The molecule has 0 atom stereocenters. The molecule has 0 amide bonds. The summed E-state index contributed by atoms with van der Waals surface area (Å²) in [5, 5.41) is 3.73. The maximum atomic E-state index is 13.2.